The normalized spacial score (nSPS) is 14.4. The Hall–Kier alpha value is -4.10. The molecule has 1 aliphatic rings. The van der Waals surface area contributed by atoms with E-state index in [2.05, 4.69) is 22.3 Å². The number of carbonyl (C=O) groups excluding carboxylic acids is 1. The summed E-state index contributed by atoms with van der Waals surface area (Å²) in [5, 5.41) is 3.65. The number of nitrogens with one attached hydrogen (secondary N) is 1. The maximum atomic E-state index is 12.5. The molecule has 1 N–H and O–H groups in total. The molecule has 0 spiro atoms. The molecule has 3 aromatic carbocycles. The monoisotopic (exact) mass is 498 g/mol. The zero-order chi connectivity index (χ0) is 25.6. The van der Waals surface area contributed by atoms with Gasteiger partial charge in [0.2, 0.25) is 0 Å². The lowest BCUT2D eigenvalue weighted by atomic mass is 10.0. The van der Waals surface area contributed by atoms with Crippen molar-refractivity contribution in [3.63, 3.8) is 0 Å². The van der Waals surface area contributed by atoms with Crippen molar-refractivity contribution in [1.82, 2.24) is 10.2 Å². The van der Waals surface area contributed by atoms with Crippen LogP contribution in [0.4, 0.5) is 0 Å². The first-order valence-electron chi connectivity index (χ1n) is 12.5. The van der Waals surface area contributed by atoms with Crippen LogP contribution in [0.25, 0.3) is 22.3 Å². The number of nitrogens with zero attached hydrogens (tertiary/aromatic N) is 1. The Labute approximate surface area is 215 Å². The highest BCUT2D eigenvalue weighted by Crippen LogP contribution is 2.24. The van der Waals surface area contributed by atoms with Gasteiger partial charge in [-0.2, -0.15) is 0 Å². The van der Waals surface area contributed by atoms with Gasteiger partial charge in [-0.3, -0.25) is 14.5 Å². The van der Waals surface area contributed by atoms with Crippen molar-refractivity contribution >= 4 is 16.9 Å². The van der Waals surface area contributed by atoms with Crippen LogP contribution >= 0.6 is 0 Å². The lowest BCUT2D eigenvalue weighted by Gasteiger charge is -2.32. The van der Waals surface area contributed by atoms with Crippen LogP contribution in [0.5, 0.6) is 11.5 Å². The predicted molar refractivity (Wildman–Crippen MR) is 143 cm³/mol. The molecular weight excluding hydrogens is 468 g/mol. The first-order chi connectivity index (χ1) is 18.1. The summed E-state index contributed by atoms with van der Waals surface area (Å²) in [6, 6.07) is 24.2. The fourth-order valence-corrected chi connectivity index (χ4v) is 4.60. The number of rotatable bonds is 8. The van der Waals surface area contributed by atoms with Gasteiger partial charge < -0.3 is 19.2 Å². The first-order valence-corrected chi connectivity index (χ1v) is 12.5. The standard InChI is InChI=1S/C30H30N2O5/c1-35-24-10-6-21(7-11-24)19-32-16-14-23(15-17-32)31-30(34)20-36-25-12-8-22(9-13-25)29-18-27(33)26-4-2-3-5-28(26)37-29/h2-13,18,23H,14-17,19-20H2,1H3,(H,31,34). The zero-order valence-corrected chi connectivity index (χ0v) is 20.8. The number of likely N-dealkylation sites (tertiary alicyclic amines) is 1. The van der Waals surface area contributed by atoms with Crippen LogP contribution in [0.15, 0.2) is 88.1 Å². The fraction of sp³-hybridized carbons (Fsp3) is 0.267. The molecule has 1 saturated heterocycles. The molecule has 1 fully saturated rings. The van der Waals surface area contributed by atoms with Gasteiger partial charge in [-0.1, -0.05) is 24.3 Å². The smallest absolute Gasteiger partial charge is 0.258 e. The lowest BCUT2D eigenvalue weighted by molar-refractivity contribution is -0.124. The third-order valence-corrected chi connectivity index (χ3v) is 6.66. The number of piperidine rings is 1. The van der Waals surface area contributed by atoms with Gasteiger partial charge in [0.1, 0.15) is 22.8 Å². The lowest BCUT2D eigenvalue weighted by Crippen LogP contribution is -2.45. The highest BCUT2D eigenvalue weighted by atomic mass is 16.5. The quantitative estimate of drug-likeness (QED) is 0.382. The number of methoxy groups -OCH3 is 1. The molecule has 0 saturated carbocycles. The summed E-state index contributed by atoms with van der Waals surface area (Å²) in [5.41, 5.74) is 2.49. The molecule has 2 heterocycles. The van der Waals surface area contributed by atoms with Crippen molar-refractivity contribution in [3.8, 4) is 22.8 Å². The van der Waals surface area contributed by atoms with E-state index in [1.165, 1.54) is 11.6 Å². The molecule has 1 aromatic heterocycles. The minimum Gasteiger partial charge on any atom is -0.497 e. The number of ether oxygens (including phenoxy) is 2. The highest BCUT2D eigenvalue weighted by molar-refractivity contribution is 5.79. The van der Waals surface area contributed by atoms with Gasteiger partial charge in [0.25, 0.3) is 5.91 Å². The average Bonchev–Trinajstić information content (AvgIpc) is 2.94. The van der Waals surface area contributed by atoms with E-state index in [-0.39, 0.29) is 24.0 Å². The molecule has 0 unspecified atom stereocenters. The summed E-state index contributed by atoms with van der Waals surface area (Å²) in [6.07, 6.45) is 1.82. The van der Waals surface area contributed by atoms with Crippen molar-refractivity contribution in [1.29, 1.82) is 0 Å². The third-order valence-electron chi connectivity index (χ3n) is 6.66. The zero-order valence-electron chi connectivity index (χ0n) is 20.8. The van der Waals surface area contributed by atoms with E-state index < -0.39 is 0 Å². The minimum absolute atomic E-state index is 0.0452. The molecule has 37 heavy (non-hydrogen) atoms. The van der Waals surface area contributed by atoms with Crippen LogP contribution in [0.3, 0.4) is 0 Å². The summed E-state index contributed by atoms with van der Waals surface area (Å²) < 4.78 is 16.8. The molecule has 1 amide bonds. The Morgan fingerprint density at radius 3 is 2.41 bits per heavy atom. The topological polar surface area (TPSA) is 81.0 Å². The van der Waals surface area contributed by atoms with Gasteiger partial charge in [0, 0.05) is 37.3 Å². The van der Waals surface area contributed by atoms with Crippen molar-refractivity contribution in [3.05, 3.63) is 94.6 Å². The van der Waals surface area contributed by atoms with E-state index in [1.807, 2.05) is 36.4 Å². The fourth-order valence-electron chi connectivity index (χ4n) is 4.60. The molecular formula is C30H30N2O5. The molecule has 190 valence electrons. The first kappa shape index (κ1) is 24.6. The second-order valence-corrected chi connectivity index (χ2v) is 9.25. The number of amides is 1. The van der Waals surface area contributed by atoms with Crippen LogP contribution in [-0.4, -0.2) is 43.7 Å². The third kappa shape index (κ3) is 6.19. The SMILES string of the molecule is COc1ccc(CN2CCC(NC(=O)COc3ccc(-c4cc(=O)c5ccccc5o4)cc3)CC2)cc1. The van der Waals surface area contributed by atoms with Gasteiger partial charge in [-0.15, -0.1) is 0 Å². The molecule has 0 atom stereocenters. The number of benzene rings is 3. The number of hydrogen-bond donors (Lipinski definition) is 1. The van der Waals surface area contributed by atoms with Gasteiger partial charge >= 0.3 is 0 Å². The van der Waals surface area contributed by atoms with Gasteiger partial charge in [0.05, 0.1) is 12.5 Å². The van der Waals surface area contributed by atoms with Gasteiger partial charge in [0.15, 0.2) is 12.0 Å². The van der Waals surface area contributed by atoms with E-state index in [9.17, 15) is 9.59 Å². The van der Waals surface area contributed by atoms with Crippen molar-refractivity contribution in [2.45, 2.75) is 25.4 Å². The van der Waals surface area contributed by atoms with E-state index >= 15 is 0 Å². The predicted octanol–water partition coefficient (Wildman–Crippen LogP) is 4.63. The maximum Gasteiger partial charge on any atom is 0.258 e. The second-order valence-electron chi connectivity index (χ2n) is 9.25. The largest absolute Gasteiger partial charge is 0.497 e. The Morgan fingerprint density at radius 1 is 0.973 bits per heavy atom. The summed E-state index contributed by atoms with van der Waals surface area (Å²) >= 11 is 0. The molecule has 1 aliphatic heterocycles. The van der Waals surface area contributed by atoms with Crippen molar-refractivity contribution < 1.29 is 18.7 Å². The Balaban J connectivity index is 1.08. The van der Waals surface area contributed by atoms with Crippen LogP contribution < -0.4 is 20.2 Å². The highest BCUT2D eigenvalue weighted by Gasteiger charge is 2.21. The average molecular weight is 499 g/mol. The van der Waals surface area contributed by atoms with Crippen molar-refractivity contribution in [2.24, 2.45) is 0 Å². The maximum absolute atomic E-state index is 12.5. The Bertz CT molecular complexity index is 1400. The minimum atomic E-state index is -0.127. The molecule has 0 aliphatic carbocycles. The second kappa shape index (κ2) is 11.3. The Kier molecular flexibility index (Phi) is 7.51. The van der Waals surface area contributed by atoms with Crippen LogP contribution in [0.1, 0.15) is 18.4 Å². The van der Waals surface area contributed by atoms with E-state index in [1.54, 1.807) is 31.4 Å². The van der Waals surface area contributed by atoms with Gasteiger partial charge in [-0.25, -0.2) is 0 Å². The summed E-state index contributed by atoms with van der Waals surface area (Å²) in [6.45, 7) is 2.72. The van der Waals surface area contributed by atoms with E-state index in [0.29, 0.717) is 22.5 Å². The molecule has 7 heteroatoms. The Morgan fingerprint density at radius 2 is 1.68 bits per heavy atom. The van der Waals surface area contributed by atoms with Crippen LogP contribution in [-0.2, 0) is 11.3 Å². The summed E-state index contributed by atoms with van der Waals surface area (Å²) in [7, 11) is 1.67. The number of para-hydroxylation sites is 1. The van der Waals surface area contributed by atoms with E-state index in [0.717, 1.165) is 43.8 Å². The molecule has 7 nitrogen and oxygen atoms in total. The molecule has 0 bridgehead atoms. The van der Waals surface area contributed by atoms with Gasteiger partial charge in [-0.05, 0) is 66.9 Å². The number of carbonyl (C=O) groups is 1. The summed E-state index contributed by atoms with van der Waals surface area (Å²) in [5.74, 6) is 1.81. The van der Waals surface area contributed by atoms with Crippen molar-refractivity contribution in [2.75, 3.05) is 26.8 Å². The molecule has 0 radical (unpaired) electrons. The summed E-state index contributed by atoms with van der Waals surface area (Å²) in [4.78, 5) is 27.2. The number of fused-ring (bicyclic) bond motifs is 1. The molecule has 4 aromatic rings. The van der Waals surface area contributed by atoms with Crippen LogP contribution in [0, 0.1) is 0 Å². The molecule has 5 rings (SSSR count). The van der Waals surface area contributed by atoms with Crippen LogP contribution in [0.2, 0.25) is 0 Å². The van der Waals surface area contributed by atoms with E-state index in [4.69, 9.17) is 13.9 Å². The number of hydrogen-bond acceptors (Lipinski definition) is 6.